The number of halogens is 1. The van der Waals surface area contributed by atoms with Crippen LogP contribution in [0.1, 0.15) is 5.56 Å². The molecule has 0 bridgehead atoms. The van der Waals surface area contributed by atoms with Gasteiger partial charge in [0.25, 0.3) is 5.69 Å². The molecule has 8 heteroatoms. The number of non-ortho nitro benzene ring substituents is 1. The normalized spacial score (nSPS) is 10.3. The molecule has 0 fully saturated rings. The molecule has 1 aromatic rings. The predicted octanol–water partition coefficient (Wildman–Crippen LogP) is 0.551. The minimum Gasteiger partial charge on any atom is -0.369 e. The minimum absolute atomic E-state index is 0.0667. The Hall–Kier alpha value is -2.51. The zero-order valence-electron chi connectivity index (χ0n) is 7.98. The third-order valence-electron chi connectivity index (χ3n) is 1.58. The smallest absolute Gasteiger partial charge is 0.270 e. The second-order valence-electron chi connectivity index (χ2n) is 2.75. The Morgan fingerprint density at radius 2 is 2.38 bits per heavy atom. The molecule has 0 aromatic heterocycles. The maximum atomic E-state index is 13.1. The number of nitrogens with one attached hydrogen (secondary N) is 2. The summed E-state index contributed by atoms with van der Waals surface area (Å²) < 4.78 is 13.1. The Bertz CT molecular complexity index is 460. The van der Waals surface area contributed by atoms with E-state index in [2.05, 4.69) is 10.5 Å². The van der Waals surface area contributed by atoms with Gasteiger partial charge in [0, 0.05) is 17.7 Å². The number of nitrogens with two attached hydrogens (primary N) is 1. The third-order valence-corrected chi connectivity index (χ3v) is 1.58. The standard InChI is InChI=1S/C8H8FN5O2/c9-7-2-1-6(14(15)16)3-5(7)4-12-13-8(10)11/h1-4H,(H4,10,11,13). The van der Waals surface area contributed by atoms with Gasteiger partial charge in [-0.05, 0) is 6.07 Å². The van der Waals surface area contributed by atoms with Crippen LogP contribution in [0.15, 0.2) is 23.3 Å². The molecule has 0 radical (unpaired) electrons. The van der Waals surface area contributed by atoms with Gasteiger partial charge >= 0.3 is 0 Å². The van der Waals surface area contributed by atoms with Crippen LogP contribution in [0.3, 0.4) is 0 Å². The average Bonchev–Trinajstić information content (AvgIpc) is 2.20. The highest BCUT2D eigenvalue weighted by molar-refractivity contribution is 5.83. The van der Waals surface area contributed by atoms with Crippen molar-refractivity contribution < 1.29 is 9.31 Å². The van der Waals surface area contributed by atoms with Gasteiger partial charge in [-0.15, -0.1) is 0 Å². The number of nitrogens with zero attached hydrogens (tertiary/aromatic N) is 2. The van der Waals surface area contributed by atoms with E-state index in [1.807, 2.05) is 0 Å². The first-order chi connectivity index (χ1) is 7.50. The molecule has 7 nitrogen and oxygen atoms in total. The van der Waals surface area contributed by atoms with Crippen LogP contribution in [0.2, 0.25) is 0 Å². The van der Waals surface area contributed by atoms with Crippen molar-refractivity contribution in [3.05, 3.63) is 39.7 Å². The number of hydrazone groups is 1. The number of benzene rings is 1. The van der Waals surface area contributed by atoms with Crippen molar-refractivity contribution in [3.8, 4) is 0 Å². The summed E-state index contributed by atoms with van der Waals surface area (Å²) in [5, 5.41) is 20.6. The maximum absolute atomic E-state index is 13.1. The average molecular weight is 225 g/mol. The van der Waals surface area contributed by atoms with E-state index >= 15 is 0 Å². The van der Waals surface area contributed by atoms with Crippen LogP contribution in [-0.4, -0.2) is 17.1 Å². The Balaban J connectivity index is 2.94. The molecule has 0 aliphatic heterocycles. The van der Waals surface area contributed by atoms with Crippen molar-refractivity contribution in [1.82, 2.24) is 5.43 Å². The fourth-order valence-corrected chi connectivity index (χ4v) is 0.915. The summed E-state index contributed by atoms with van der Waals surface area (Å²) >= 11 is 0. The highest BCUT2D eigenvalue weighted by atomic mass is 19.1. The van der Waals surface area contributed by atoms with Crippen LogP contribution in [0.4, 0.5) is 10.1 Å². The fourth-order valence-electron chi connectivity index (χ4n) is 0.915. The lowest BCUT2D eigenvalue weighted by molar-refractivity contribution is -0.384. The highest BCUT2D eigenvalue weighted by Crippen LogP contribution is 2.14. The Kier molecular flexibility index (Phi) is 3.49. The summed E-state index contributed by atoms with van der Waals surface area (Å²) in [7, 11) is 0. The summed E-state index contributed by atoms with van der Waals surface area (Å²) in [6.45, 7) is 0. The first-order valence-corrected chi connectivity index (χ1v) is 4.07. The lowest BCUT2D eigenvalue weighted by Crippen LogP contribution is -2.25. The molecule has 0 saturated heterocycles. The van der Waals surface area contributed by atoms with E-state index in [0.29, 0.717) is 0 Å². The number of rotatable bonds is 3. The van der Waals surface area contributed by atoms with E-state index in [0.717, 1.165) is 24.4 Å². The third kappa shape index (κ3) is 3.01. The van der Waals surface area contributed by atoms with Gasteiger partial charge in [-0.3, -0.25) is 15.5 Å². The van der Waals surface area contributed by atoms with Crippen LogP contribution in [0.25, 0.3) is 0 Å². The molecule has 0 aliphatic rings. The summed E-state index contributed by atoms with van der Waals surface area (Å²) in [6.07, 6.45) is 1.00. The number of nitro benzene ring substituents is 1. The van der Waals surface area contributed by atoms with Crippen LogP contribution < -0.4 is 11.2 Å². The zero-order chi connectivity index (χ0) is 12.1. The zero-order valence-corrected chi connectivity index (χ0v) is 7.98. The first kappa shape index (κ1) is 11.6. The second-order valence-corrected chi connectivity index (χ2v) is 2.75. The van der Waals surface area contributed by atoms with E-state index in [9.17, 15) is 14.5 Å². The quantitative estimate of drug-likeness (QED) is 0.301. The van der Waals surface area contributed by atoms with Crippen molar-refractivity contribution >= 4 is 17.9 Å². The number of hydrogen-bond donors (Lipinski definition) is 3. The molecule has 0 saturated carbocycles. The highest BCUT2D eigenvalue weighted by Gasteiger charge is 2.08. The van der Waals surface area contributed by atoms with Crippen LogP contribution in [0.5, 0.6) is 0 Å². The van der Waals surface area contributed by atoms with Crippen LogP contribution in [-0.2, 0) is 0 Å². The summed E-state index contributed by atoms with van der Waals surface area (Å²) in [4.78, 5) is 9.77. The van der Waals surface area contributed by atoms with Crippen molar-refractivity contribution in [2.45, 2.75) is 0 Å². The lowest BCUT2D eigenvalue weighted by atomic mass is 10.2. The molecule has 0 amide bonds. The van der Waals surface area contributed by atoms with E-state index < -0.39 is 16.7 Å². The largest absolute Gasteiger partial charge is 0.369 e. The van der Waals surface area contributed by atoms with Gasteiger partial charge in [-0.2, -0.15) is 5.10 Å². The van der Waals surface area contributed by atoms with Crippen molar-refractivity contribution in [3.63, 3.8) is 0 Å². The van der Waals surface area contributed by atoms with Gasteiger partial charge in [-0.25, -0.2) is 9.82 Å². The van der Waals surface area contributed by atoms with Gasteiger partial charge in [0.1, 0.15) is 5.82 Å². The molecule has 0 aliphatic carbocycles. The van der Waals surface area contributed by atoms with Crippen LogP contribution >= 0.6 is 0 Å². The summed E-state index contributed by atoms with van der Waals surface area (Å²) in [6, 6.07) is 3.04. The van der Waals surface area contributed by atoms with Gasteiger partial charge in [-0.1, -0.05) is 0 Å². The van der Waals surface area contributed by atoms with Crippen LogP contribution in [0, 0.1) is 21.3 Å². The monoisotopic (exact) mass is 225 g/mol. The lowest BCUT2D eigenvalue weighted by Gasteiger charge is -1.97. The Morgan fingerprint density at radius 1 is 1.69 bits per heavy atom. The van der Waals surface area contributed by atoms with Crippen molar-refractivity contribution in [1.29, 1.82) is 5.41 Å². The molecule has 4 N–H and O–H groups in total. The van der Waals surface area contributed by atoms with E-state index in [1.54, 1.807) is 0 Å². The first-order valence-electron chi connectivity index (χ1n) is 4.07. The topological polar surface area (TPSA) is 117 Å². The molecule has 0 spiro atoms. The molecular formula is C8H8FN5O2. The van der Waals surface area contributed by atoms with Gasteiger partial charge < -0.3 is 5.73 Å². The van der Waals surface area contributed by atoms with Gasteiger partial charge in [0.2, 0.25) is 5.96 Å². The Morgan fingerprint density at radius 3 is 2.94 bits per heavy atom. The maximum Gasteiger partial charge on any atom is 0.270 e. The Labute approximate surface area is 89.4 Å². The van der Waals surface area contributed by atoms with Gasteiger partial charge in [0.05, 0.1) is 11.1 Å². The molecule has 84 valence electrons. The second kappa shape index (κ2) is 4.82. The van der Waals surface area contributed by atoms with E-state index in [4.69, 9.17) is 11.1 Å². The van der Waals surface area contributed by atoms with Gasteiger partial charge in [0.15, 0.2) is 0 Å². The molecule has 1 aromatic carbocycles. The van der Waals surface area contributed by atoms with Crippen molar-refractivity contribution in [2.75, 3.05) is 0 Å². The molecule has 16 heavy (non-hydrogen) atoms. The number of guanidine groups is 1. The summed E-state index contributed by atoms with van der Waals surface area (Å²) in [5.74, 6) is -1.07. The summed E-state index contributed by atoms with van der Waals surface area (Å²) in [5.41, 5.74) is 6.68. The predicted molar refractivity (Wildman–Crippen MR) is 55.7 cm³/mol. The molecular weight excluding hydrogens is 217 g/mol. The number of hydrogen-bond acceptors (Lipinski definition) is 4. The van der Waals surface area contributed by atoms with E-state index in [-0.39, 0.29) is 11.3 Å². The fraction of sp³-hybridized carbons (Fsp3) is 0. The van der Waals surface area contributed by atoms with Crippen molar-refractivity contribution in [2.24, 2.45) is 10.8 Å². The molecule has 0 unspecified atom stereocenters. The SMILES string of the molecule is N=C(N)NN=Cc1cc([N+](=O)[O-])ccc1F. The van der Waals surface area contributed by atoms with E-state index in [1.165, 1.54) is 0 Å². The molecule has 0 atom stereocenters. The minimum atomic E-state index is -0.653. The number of nitro groups is 1. The molecule has 1 rings (SSSR count). The molecule has 0 heterocycles.